The Bertz CT molecular complexity index is 1170. The maximum Gasteiger partial charge on any atom is 0.262 e. The lowest BCUT2D eigenvalue weighted by atomic mass is 9.97. The lowest BCUT2D eigenvalue weighted by Crippen LogP contribution is -2.33. The van der Waals surface area contributed by atoms with E-state index in [1.54, 1.807) is 11.3 Å². The molecule has 0 bridgehead atoms. The van der Waals surface area contributed by atoms with E-state index in [9.17, 15) is 9.59 Å². The SMILES string of the molecule is CCOc1ccc(CCNC(=O)Cn2cnc3sc4c(c3c2=O)CCCC4)cc1OCC. The number of nitrogens with zero attached hydrogens (tertiary/aromatic N) is 2. The van der Waals surface area contributed by atoms with E-state index in [2.05, 4.69) is 10.3 Å². The van der Waals surface area contributed by atoms with E-state index in [-0.39, 0.29) is 18.0 Å². The van der Waals surface area contributed by atoms with Gasteiger partial charge in [0, 0.05) is 11.4 Å². The molecule has 2 aromatic heterocycles. The van der Waals surface area contributed by atoms with Crippen LogP contribution >= 0.6 is 11.3 Å². The third-order valence-electron chi connectivity index (χ3n) is 5.60. The molecular weight excluding hydrogens is 426 g/mol. The number of thiophene rings is 1. The van der Waals surface area contributed by atoms with Crippen molar-refractivity contribution in [3.8, 4) is 11.5 Å². The van der Waals surface area contributed by atoms with E-state index >= 15 is 0 Å². The summed E-state index contributed by atoms with van der Waals surface area (Å²) in [5, 5.41) is 3.61. The maximum atomic E-state index is 13.0. The molecule has 170 valence electrons. The third-order valence-corrected chi connectivity index (χ3v) is 6.80. The Morgan fingerprint density at radius 3 is 2.75 bits per heavy atom. The highest BCUT2D eigenvalue weighted by Crippen LogP contribution is 2.33. The van der Waals surface area contributed by atoms with Crippen LogP contribution in [0.15, 0.2) is 29.3 Å². The first-order valence-corrected chi connectivity index (χ1v) is 12.1. The minimum absolute atomic E-state index is 0.0279. The number of hydrogen-bond donors (Lipinski definition) is 1. The fourth-order valence-electron chi connectivity index (χ4n) is 4.10. The average molecular weight is 456 g/mol. The number of carbonyl (C=O) groups is 1. The summed E-state index contributed by atoms with van der Waals surface area (Å²) in [6.07, 6.45) is 6.36. The summed E-state index contributed by atoms with van der Waals surface area (Å²) in [6.45, 7) is 5.44. The van der Waals surface area contributed by atoms with Crippen LogP contribution in [0.4, 0.5) is 0 Å². The first kappa shape index (κ1) is 22.3. The highest BCUT2D eigenvalue weighted by Gasteiger charge is 2.20. The molecule has 0 aliphatic heterocycles. The molecule has 0 unspecified atom stereocenters. The van der Waals surface area contributed by atoms with E-state index in [0.717, 1.165) is 47.4 Å². The Balaban J connectivity index is 1.38. The standard InChI is InChI=1S/C24H29N3O4S/c1-3-30-18-10-9-16(13-19(18)31-4-2)11-12-25-21(28)14-27-15-26-23-22(24(27)29)17-7-5-6-8-20(17)32-23/h9-10,13,15H,3-8,11-12,14H2,1-2H3,(H,25,28). The zero-order valence-electron chi connectivity index (χ0n) is 18.6. The summed E-state index contributed by atoms with van der Waals surface area (Å²) >= 11 is 1.62. The molecule has 0 saturated carbocycles. The van der Waals surface area contributed by atoms with E-state index < -0.39 is 0 Å². The van der Waals surface area contributed by atoms with Crippen molar-refractivity contribution in [3.05, 3.63) is 50.9 Å². The van der Waals surface area contributed by atoms with Crippen molar-refractivity contribution in [1.82, 2.24) is 14.9 Å². The van der Waals surface area contributed by atoms with Crippen LogP contribution in [-0.2, 0) is 30.6 Å². The lowest BCUT2D eigenvalue weighted by molar-refractivity contribution is -0.121. The zero-order chi connectivity index (χ0) is 22.5. The molecule has 1 amide bonds. The Kier molecular flexibility index (Phi) is 7.09. The van der Waals surface area contributed by atoms with Gasteiger partial charge in [0.25, 0.3) is 5.56 Å². The average Bonchev–Trinajstić information content (AvgIpc) is 3.17. The third kappa shape index (κ3) is 4.80. The summed E-state index contributed by atoms with van der Waals surface area (Å²) in [6, 6.07) is 5.82. The number of nitrogens with one attached hydrogen (secondary N) is 1. The van der Waals surface area contributed by atoms with Crippen LogP contribution < -0.4 is 20.3 Å². The zero-order valence-corrected chi connectivity index (χ0v) is 19.4. The summed E-state index contributed by atoms with van der Waals surface area (Å²) in [5.74, 6) is 1.23. The monoisotopic (exact) mass is 455 g/mol. The van der Waals surface area contributed by atoms with Gasteiger partial charge in [0.15, 0.2) is 11.5 Å². The minimum Gasteiger partial charge on any atom is -0.490 e. The van der Waals surface area contributed by atoms with E-state index in [1.807, 2.05) is 32.0 Å². The van der Waals surface area contributed by atoms with Gasteiger partial charge in [-0.3, -0.25) is 14.2 Å². The van der Waals surface area contributed by atoms with Crippen molar-refractivity contribution in [2.24, 2.45) is 0 Å². The number of amides is 1. The van der Waals surface area contributed by atoms with Gasteiger partial charge in [-0.05, 0) is 69.2 Å². The van der Waals surface area contributed by atoms with Crippen molar-refractivity contribution < 1.29 is 14.3 Å². The van der Waals surface area contributed by atoms with Crippen molar-refractivity contribution in [2.45, 2.75) is 52.5 Å². The van der Waals surface area contributed by atoms with Crippen molar-refractivity contribution >= 4 is 27.5 Å². The van der Waals surface area contributed by atoms with Crippen LogP contribution in [-0.4, -0.2) is 35.2 Å². The van der Waals surface area contributed by atoms with Crippen LogP contribution in [0, 0.1) is 0 Å². The summed E-state index contributed by atoms with van der Waals surface area (Å²) < 4.78 is 12.7. The fourth-order valence-corrected chi connectivity index (χ4v) is 5.32. The van der Waals surface area contributed by atoms with Crippen LogP contribution in [0.3, 0.4) is 0 Å². The quantitative estimate of drug-likeness (QED) is 0.534. The van der Waals surface area contributed by atoms with Crippen LogP contribution in [0.2, 0.25) is 0 Å². The number of fused-ring (bicyclic) bond motifs is 3. The van der Waals surface area contributed by atoms with Gasteiger partial charge in [0.2, 0.25) is 5.91 Å². The first-order valence-electron chi connectivity index (χ1n) is 11.3. The number of ether oxygens (including phenoxy) is 2. The van der Waals surface area contributed by atoms with Gasteiger partial charge in [-0.1, -0.05) is 6.07 Å². The molecule has 4 rings (SSSR count). The van der Waals surface area contributed by atoms with E-state index in [4.69, 9.17) is 9.47 Å². The van der Waals surface area contributed by atoms with Crippen LogP contribution in [0.1, 0.15) is 42.7 Å². The molecule has 1 aliphatic rings. The van der Waals surface area contributed by atoms with Gasteiger partial charge in [0.1, 0.15) is 11.4 Å². The first-order chi connectivity index (χ1) is 15.6. The van der Waals surface area contributed by atoms with E-state index in [0.29, 0.717) is 37.3 Å². The molecule has 1 aliphatic carbocycles. The number of rotatable bonds is 9. The van der Waals surface area contributed by atoms with Crippen molar-refractivity contribution in [3.63, 3.8) is 0 Å². The largest absolute Gasteiger partial charge is 0.490 e. The van der Waals surface area contributed by atoms with Crippen molar-refractivity contribution in [1.29, 1.82) is 0 Å². The molecule has 0 radical (unpaired) electrons. The summed E-state index contributed by atoms with van der Waals surface area (Å²) in [7, 11) is 0. The number of benzene rings is 1. The topological polar surface area (TPSA) is 82.5 Å². The molecular formula is C24H29N3O4S. The Morgan fingerprint density at radius 1 is 1.16 bits per heavy atom. The molecule has 3 aromatic rings. The van der Waals surface area contributed by atoms with Crippen molar-refractivity contribution in [2.75, 3.05) is 19.8 Å². The van der Waals surface area contributed by atoms with Crippen LogP contribution in [0.25, 0.3) is 10.2 Å². The van der Waals surface area contributed by atoms with Crippen LogP contribution in [0.5, 0.6) is 11.5 Å². The molecule has 32 heavy (non-hydrogen) atoms. The minimum atomic E-state index is -0.201. The van der Waals surface area contributed by atoms with Gasteiger partial charge < -0.3 is 14.8 Å². The van der Waals surface area contributed by atoms with Gasteiger partial charge >= 0.3 is 0 Å². The second-order valence-electron chi connectivity index (χ2n) is 7.82. The van der Waals surface area contributed by atoms with Gasteiger partial charge in [-0.25, -0.2) is 4.98 Å². The number of hydrogen-bond acceptors (Lipinski definition) is 6. The maximum absolute atomic E-state index is 13.0. The molecule has 1 N–H and O–H groups in total. The summed E-state index contributed by atoms with van der Waals surface area (Å²) in [4.78, 5) is 32.0. The Labute approximate surface area is 191 Å². The molecule has 0 fully saturated rings. The molecule has 0 spiro atoms. The highest BCUT2D eigenvalue weighted by molar-refractivity contribution is 7.18. The number of aromatic nitrogens is 2. The molecule has 0 atom stereocenters. The number of aryl methyl sites for hydroxylation is 2. The summed E-state index contributed by atoms with van der Waals surface area (Å²) in [5.41, 5.74) is 2.07. The van der Waals surface area contributed by atoms with Gasteiger partial charge in [-0.2, -0.15) is 0 Å². The van der Waals surface area contributed by atoms with E-state index in [1.165, 1.54) is 15.8 Å². The lowest BCUT2D eigenvalue weighted by Gasteiger charge is -2.13. The molecule has 8 heteroatoms. The predicted molar refractivity (Wildman–Crippen MR) is 126 cm³/mol. The van der Waals surface area contributed by atoms with Gasteiger partial charge in [0.05, 0.1) is 24.9 Å². The second kappa shape index (κ2) is 10.2. The molecule has 7 nitrogen and oxygen atoms in total. The van der Waals surface area contributed by atoms with Gasteiger partial charge in [-0.15, -0.1) is 11.3 Å². The smallest absolute Gasteiger partial charge is 0.262 e. The second-order valence-corrected chi connectivity index (χ2v) is 8.90. The molecule has 0 saturated heterocycles. The Hall–Kier alpha value is -2.87. The predicted octanol–water partition coefficient (Wildman–Crippen LogP) is 3.49. The molecule has 1 aromatic carbocycles. The Morgan fingerprint density at radius 2 is 1.94 bits per heavy atom. The normalized spacial score (nSPS) is 13.1. The number of carbonyl (C=O) groups excluding carboxylic acids is 1. The highest BCUT2D eigenvalue weighted by atomic mass is 32.1. The molecule has 2 heterocycles. The fraction of sp³-hybridized carbons (Fsp3) is 0.458.